The summed E-state index contributed by atoms with van der Waals surface area (Å²) in [6.45, 7) is 0. The van der Waals surface area contributed by atoms with Crippen molar-refractivity contribution in [1.29, 1.82) is 0 Å². The lowest BCUT2D eigenvalue weighted by Gasteiger charge is -2.16. The Labute approximate surface area is 168 Å². The van der Waals surface area contributed by atoms with Crippen molar-refractivity contribution in [3.05, 3.63) is 53.8 Å². The van der Waals surface area contributed by atoms with Gasteiger partial charge in [-0.05, 0) is 30.3 Å². The molecule has 1 heterocycles. The first-order valence-electron chi connectivity index (χ1n) is 8.08. The molecule has 0 spiro atoms. The van der Waals surface area contributed by atoms with Crippen LogP contribution in [0.25, 0.3) is 0 Å². The van der Waals surface area contributed by atoms with E-state index in [0.29, 0.717) is 5.13 Å². The van der Waals surface area contributed by atoms with E-state index >= 15 is 0 Å². The topological polar surface area (TPSA) is 122 Å². The standard InChI is InChI=1S/C18H15FN4O5S/c1-27-14-4-2-3-11(19)15(14)28-13-6-5-10(21-18(25)26)9-12(13)22-16(24)23-17-20-7-8-29-17/h2-9,21H,1H3,(H,25,26)(H2,20,22,23,24). The number of thiazole rings is 1. The average Bonchev–Trinajstić information content (AvgIpc) is 3.17. The van der Waals surface area contributed by atoms with E-state index in [2.05, 4.69) is 20.9 Å². The molecule has 0 unspecified atom stereocenters. The molecule has 0 fully saturated rings. The van der Waals surface area contributed by atoms with E-state index in [-0.39, 0.29) is 28.6 Å². The maximum absolute atomic E-state index is 14.2. The van der Waals surface area contributed by atoms with Crippen LogP contribution >= 0.6 is 11.3 Å². The molecule has 9 nitrogen and oxygen atoms in total. The number of carbonyl (C=O) groups is 2. The smallest absolute Gasteiger partial charge is 0.409 e. The van der Waals surface area contributed by atoms with Gasteiger partial charge < -0.3 is 19.9 Å². The van der Waals surface area contributed by atoms with E-state index in [9.17, 15) is 14.0 Å². The van der Waals surface area contributed by atoms with Crippen molar-refractivity contribution >= 4 is 40.0 Å². The number of halogens is 1. The molecular formula is C18H15FN4O5S. The molecule has 0 saturated heterocycles. The Morgan fingerprint density at radius 2 is 1.97 bits per heavy atom. The molecule has 29 heavy (non-hydrogen) atoms. The molecular weight excluding hydrogens is 403 g/mol. The Morgan fingerprint density at radius 3 is 2.66 bits per heavy atom. The van der Waals surface area contributed by atoms with E-state index in [4.69, 9.17) is 14.6 Å². The number of hydrogen-bond acceptors (Lipinski definition) is 6. The van der Waals surface area contributed by atoms with Crippen LogP contribution in [0.1, 0.15) is 0 Å². The van der Waals surface area contributed by atoms with Crippen LogP contribution in [0.2, 0.25) is 0 Å². The second-order valence-electron chi connectivity index (χ2n) is 5.43. The van der Waals surface area contributed by atoms with Gasteiger partial charge in [0.2, 0.25) is 5.75 Å². The average molecular weight is 418 g/mol. The van der Waals surface area contributed by atoms with E-state index in [1.54, 1.807) is 5.38 Å². The summed E-state index contributed by atoms with van der Waals surface area (Å²) in [6, 6.07) is 7.65. The van der Waals surface area contributed by atoms with Gasteiger partial charge in [-0.3, -0.25) is 10.6 Å². The molecule has 4 N–H and O–H groups in total. The number of carbonyl (C=O) groups excluding carboxylic acids is 1. The summed E-state index contributed by atoms with van der Waals surface area (Å²) in [6.07, 6.45) is 0.240. The minimum absolute atomic E-state index is 0.0682. The minimum Gasteiger partial charge on any atom is -0.493 e. The zero-order chi connectivity index (χ0) is 20.8. The van der Waals surface area contributed by atoms with Gasteiger partial charge in [0.05, 0.1) is 12.8 Å². The summed E-state index contributed by atoms with van der Waals surface area (Å²) in [7, 11) is 1.36. The number of methoxy groups -OCH3 is 1. The predicted octanol–water partition coefficient (Wildman–Crippen LogP) is 4.82. The van der Waals surface area contributed by atoms with Crippen LogP contribution in [-0.4, -0.2) is 29.3 Å². The Morgan fingerprint density at radius 1 is 1.14 bits per heavy atom. The molecule has 2 aromatic carbocycles. The van der Waals surface area contributed by atoms with Crippen molar-refractivity contribution in [3.63, 3.8) is 0 Å². The number of nitrogens with zero attached hydrogens (tertiary/aromatic N) is 1. The van der Waals surface area contributed by atoms with E-state index in [0.717, 1.165) is 0 Å². The van der Waals surface area contributed by atoms with E-state index in [1.165, 1.54) is 61.0 Å². The number of para-hydroxylation sites is 1. The number of ether oxygens (including phenoxy) is 2. The maximum atomic E-state index is 14.2. The van der Waals surface area contributed by atoms with Gasteiger partial charge in [0, 0.05) is 17.3 Å². The van der Waals surface area contributed by atoms with E-state index in [1.807, 2.05) is 0 Å². The monoisotopic (exact) mass is 418 g/mol. The second kappa shape index (κ2) is 8.89. The lowest BCUT2D eigenvalue weighted by atomic mass is 10.2. The van der Waals surface area contributed by atoms with Crippen LogP contribution in [0.4, 0.5) is 30.5 Å². The summed E-state index contributed by atoms with van der Waals surface area (Å²) in [5.74, 6) is -0.637. The zero-order valence-electron chi connectivity index (χ0n) is 14.9. The van der Waals surface area contributed by atoms with E-state index < -0.39 is 17.9 Å². The van der Waals surface area contributed by atoms with Gasteiger partial charge in [-0.25, -0.2) is 19.0 Å². The van der Waals surface area contributed by atoms with Crippen LogP contribution in [-0.2, 0) is 0 Å². The van der Waals surface area contributed by atoms with Crippen LogP contribution in [0.15, 0.2) is 48.0 Å². The largest absolute Gasteiger partial charge is 0.493 e. The maximum Gasteiger partial charge on any atom is 0.409 e. The number of rotatable bonds is 6. The fourth-order valence-electron chi connectivity index (χ4n) is 2.31. The van der Waals surface area contributed by atoms with Crippen molar-refractivity contribution in [2.24, 2.45) is 0 Å². The van der Waals surface area contributed by atoms with Gasteiger partial charge in [-0.15, -0.1) is 11.3 Å². The summed E-state index contributed by atoms with van der Waals surface area (Å²) >= 11 is 1.22. The quantitative estimate of drug-likeness (QED) is 0.455. The zero-order valence-corrected chi connectivity index (χ0v) is 15.7. The third-order valence-corrected chi connectivity index (χ3v) is 4.18. The third kappa shape index (κ3) is 5.11. The lowest BCUT2D eigenvalue weighted by Crippen LogP contribution is -2.20. The molecule has 0 aliphatic rings. The highest BCUT2D eigenvalue weighted by Gasteiger charge is 2.16. The highest BCUT2D eigenvalue weighted by Crippen LogP contribution is 2.38. The number of anilines is 3. The molecule has 1 aromatic heterocycles. The van der Waals surface area contributed by atoms with Gasteiger partial charge in [0.1, 0.15) is 0 Å². The highest BCUT2D eigenvalue weighted by molar-refractivity contribution is 7.13. The third-order valence-electron chi connectivity index (χ3n) is 3.49. The normalized spacial score (nSPS) is 10.1. The van der Waals surface area contributed by atoms with Crippen LogP contribution in [0.3, 0.4) is 0 Å². The lowest BCUT2D eigenvalue weighted by molar-refractivity contribution is 0.209. The number of nitrogens with one attached hydrogen (secondary N) is 3. The van der Waals surface area contributed by atoms with Crippen molar-refractivity contribution in [2.45, 2.75) is 0 Å². The first-order valence-corrected chi connectivity index (χ1v) is 8.96. The molecule has 0 radical (unpaired) electrons. The summed E-state index contributed by atoms with van der Waals surface area (Å²) in [5, 5.41) is 18.2. The molecule has 3 rings (SSSR count). The first-order chi connectivity index (χ1) is 14.0. The number of urea groups is 1. The minimum atomic E-state index is -1.28. The molecule has 0 atom stereocenters. The molecule has 0 bridgehead atoms. The first kappa shape index (κ1) is 19.9. The molecule has 3 amide bonds. The van der Waals surface area contributed by atoms with Crippen molar-refractivity contribution in [2.75, 3.05) is 23.1 Å². The number of aromatic nitrogens is 1. The van der Waals surface area contributed by atoms with Gasteiger partial charge in [-0.2, -0.15) is 0 Å². The number of amides is 3. The Hall–Kier alpha value is -3.86. The molecule has 0 aliphatic carbocycles. The summed E-state index contributed by atoms with van der Waals surface area (Å²) < 4.78 is 25.0. The summed E-state index contributed by atoms with van der Waals surface area (Å²) in [5.41, 5.74) is 0.269. The predicted molar refractivity (Wildman–Crippen MR) is 106 cm³/mol. The number of hydrogen-bond donors (Lipinski definition) is 4. The Bertz CT molecular complexity index is 1030. The van der Waals surface area contributed by atoms with Crippen molar-refractivity contribution in [1.82, 2.24) is 4.98 Å². The Balaban J connectivity index is 1.91. The van der Waals surface area contributed by atoms with Gasteiger partial charge in [0.15, 0.2) is 22.4 Å². The fourth-order valence-corrected chi connectivity index (χ4v) is 2.84. The van der Waals surface area contributed by atoms with Crippen molar-refractivity contribution in [3.8, 4) is 17.2 Å². The second-order valence-corrected chi connectivity index (χ2v) is 6.33. The van der Waals surface area contributed by atoms with Crippen molar-refractivity contribution < 1.29 is 28.6 Å². The van der Waals surface area contributed by atoms with Crippen LogP contribution in [0.5, 0.6) is 17.2 Å². The van der Waals surface area contributed by atoms with Gasteiger partial charge >= 0.3 is 12.1 Å². The molecule has 150 valence electrons. The van der Waals surface area contributed by atoms with Crippen LogP contribution in [0, 0.1) is 5.82 Å². The Kier molecular flexibility index (Phi) is 6.09. The van der Waals surface area contributed by atoms with Gasteiger partial charge in [-0.1, -0.05) is 6.07 Å². The fraction of sp³-hybridized carbons (Fsp3) is 0.0556. The SMILES string of the molecule is COc1cccc(F)c1Oc1ccc(NC(=O)O)cc1NC(=O)Nc1nccs1. The molecule has 0 saturated carbocycles. The highest BCUT2D eigenvalue weighted by atomic mass is 32.1. The number of carboxylic acid groups (broad SMARTS) is 1. The summed E-state index contributed by atoms with van der Waals surface area (Å²) in [4.78, 5) is 27.1. The van der Waals surface area contributed by atoms with Crippen LogP contribution < -0.4 is 25.4 Å². The number of benzene rings is 2. The molecule has 3 aromatic rings. The molecule has 11 heteroatoms. The molecule has 0 aliphatic heterocycles. The van der Waals surface area contributed by atoms with Gasteiger partial charge in [0.25, 0.3) is 0 Å².